The van der Waals surface area contributed by atoms with Gasteiger partial charge in [-0.3, -0.25) is 13.8 Å². The maximum absolute atomic E-state index is 12.9. The number of nitrogens with zero attached hydrogens (tertiary/aromatic N) is 1. The Labute approximate surface area is 416 Å². The first-order valence-electron chi connectivity index (χ1n) is 25.9. The maximum atomic E-state index is 12.9. The average molecular weight is 960 g/mol. The van der Waals surface area contributed by atoms with E-state index in [2.05, 4.69) is 165 Å². The van der Waals surface area contributed by atoms with Crippen LogP contribution in [-0.4, -0.2) is 73.4 Å². The Morgan fingerprint density at radius 3 is 1.32 bits per heavy atom. The number of allylic oxidation sites excluding steroid dienone is 25. The van der Waals surface area contributed by atoms with Gasteiger partial charge in [-0.1, -0.05) is 191 Å². The third kappa shape index (κ3) is 50.0. The molecule has 0 rings (SSSR count). The standard InChI is InChI=1S/C59H95N2O6P/c1-6-8-10-12-14-16-17-18-19-20-21-22-23-24-25-26-27-28-29-30-31-32-33-34-35-36-37-38-39-40-41-42-43-45-47-49-51-53-59(63)60-57(56-67-68(64,65)66-55-54-61(3,4)5)58(62)52-50-48-46-44-15-13-11-9-7-2/h8,10,14-16,18-19,21-22,24-25,27-28,30-31,33-34,36-37,39-40,42-44,50,52,57-58,62H,6-7,9,11-13,17,20,23,26,29,32,35,38,41,45-49,51,53-56H2,1-5H3,(H-,60,63,64,65)/p+1/b10-8-,16-14-,19-18-,22-21-,25-24-,28-27-,31-30-,34-33-,37-36-,40-39-,43-42-,44-15+,52-50+. The summed E-state index contributed by atoms with van der Waals surface area (Å²) in [5.74, 6) is -0.230. The highest BCUT2D eigenvalue weighted by molar-refractivity contribution is 7.47. The van der Waals surface area contributed by atoms with Crippen LogP contribution in [0.15, 0.2) is 158 Å². The second-order valence-electron chi connectivity index (χ2n) is 17.8. The molecule has 0 aromatic rings. The molecule has 0 aliphatic rings. The van der Waals surface area contributed by atoms with Crippen molar-refractivity contribution in [2.24, 2.45) is 0 Å². The molecule has 1 amide bonds. The molecule has 0 aliphatic heterocycles. The molecule has 3 unspecified atom stereocenters. The fourth-order valence-corrected chi connectivity index (χ4v) is 6.91. The summed E-state index contributed by atoms with van der Waals surface area (Å²) in [6, 6.07) is -0.891. The number of hydrogen-bond acceptors (Lipinski definition) is 5. The molecular weight excluding hydrogens is 864 g/mol. The highest BCUT2D eigenvalue weighted by Crippen LogP contribution is 2.43. The maximum Gasteiger partial charge on any atom is 0.472 e. The largest absolute Gasteiger partial charge is 0.472 e. The molecule has 0 fully saturated rings. The van der Waals surface area contributed by atoms with Gasteiger partial charge < -0.3 is 19.8 Å². The van der Waals surface area contributed by atoms with Gasteiger partial charge in [0.2, 0.25) is 5.91 Å². The van der Waals surface area contributed by atoms with Crippen molar-refractivity contribution in [1.82, 2.24) is 5.32 Å². The summed E-state index contributed by atoms with van der Waals surface area (Å²) in [5.41, 5.74) is 0. The highest BCUT2D eigenvalue weighted by Gasteiger charge is 2.27. The molecule has 0 aliphatic carbocycles. The van der Waals surface area contributed by atoms with E-state index in [1.54, 1.807) is 6.08 Å². The zero-order valence-electron chi connectivity index (χ0n) is 43.3. The Bertz CT molecular complexity index is 1650. The third-order valence-corrected chi connectivity index (χ3v) is 11.2. The molecule has 3 atom stereocenters. The van der Waals surface area contributed by atoms with Gasteiger partial charge in [0.05, 0.1) is 39.9 Å². The van der Waals surface area contributed by atoms with Gasteiger partial charge in [-0.2, -0.15) is 0 Å². The molecule has 0 saturated heterocycles. The number of quaternary nitrogens is 1. The van der Waals surface area contributed by atoms with E-state index in [1.165, 1.54) is 19.3 Å². The van der Waals surface area contributed by atoms with Crippen molar-refractivity contribution >= 4 is 13.7 Å². The van der Waals surface area contributed by atoms with Crippen LogP contribution in [-0.2, 0) is 18.4 Å². The van der Waals surface area contributed by atoms with E-state index in [0.717, 1.165) is 109 Å². The smallest absolute Gasteiger partial charge is 0.387 e. The normalized spacial score (nSPS) is 15.3. The second kappa shape index (κ2) is 48.2. The molecule has 382 valence electrons. The lowest BCUT2D eigenvalue weighted by molar-refractivity contribution is -0.870. The van der Waals surface area contributed by atoms with Crippen LogP contribution in [0, 0.1) is 0 Å². The zero-order valence-corrected chi connectivity index (χ0v) is 44.2. The molecule has 0 spiro atoms. The summed E-state index contributed by atoms with van der Waals surface area (Å²) in [5, 5.41) is 13.7. The average Bonchev–Trinajstić information content (AvgIpc) is 3.30. The van der Waals surface area contributed by atoms with Crippen LogP contribution < -0.4 is 5.32 Å². The van der Waals surface area contributed by atoms with Gasteiger partial charge in [0, 0.05) is 6.42 Å². The number of unbranched alkanes of at least 4 members (excludes halogenated alkanes) is 7. The molecule has 0 radical (unpaired) electrons. The van der Waals surface area contributed by atoms with E-state index in [0.29, 0.717) is 23.9 Å². The molecule has 9 heteroatoms. The second-order valence-corrected chi connectivity index (χ2v) is 19.3. The molecule has 68 heavy (non-hydrogen) atoms. The first kappa shape index (κ1) is 64.1. The number of aliphatic hydroxyl groups excluding tert-OH is 1. The number of carbonyl (C=O) groups excluding carboxylic acids is 1. The van der Waals surface area contributed by atoms with Gasteiger partial charge in [0.1, 0.15) is 13.2 Å². The fraction of sp³-hybridized carbons (Fsp3) is 0.542. The van der Waals surface area contributed by atoms with Crippen LogP contribution in [0.2, 0.25) is 0 Å². The first-order valence-corrected chi connectivity index (χ1v) is 27.4. The summed E-state index contributed by atoms with van der Waals surface area (Å²) in [6.07, 6.45) is 76.4. The van der Waals surface area contributed by atoms with Crippen molar-refractivity contribution in [2.45, 2.75) is 167 Å². The lowest BCUT2D eigenvalue weighted by Crippen LogP contribution is -2.45. The summed E-state index contributed by atoms with van der Waals surface area (Å²) < 4.78 is 23.5. The summed E-state index contributed by atoms with van der Waals surface area (Å²) >= 11 is 0. The molecule has 8 nitrogen and oxygen atoms in total. The van der Waals surface area contributed by atoms with Gasteiger partial charge in [-0.25, -0.2) is 4.57 Å². The van der Waals surface area contributed by atoms with Crippen molar-refractivity contribution in [1.29, 1.82) is 0 Å². The minimum absolute atomic E-state index is 0.0397. The number of rotatable bonds is 44. The topological polar surface area (TPSA) is 105 Å². The molecule has 0 heterocycles. The predicted molar refractivity (Wildman–Crippen MR) is 294 cm³/mol. The van der Waals surface area contributed by atoms with Crippen LogP contribution in [0.3, 0.4) is 0 Å². The van der Waals surface area contributed by atoms with Crippen LogP contribution in [0.1, 0.15) is 155 Å². The molecule has 0 bridgehead atoms. The minimum atomic E-state index is -4.36. The Morgan fingerprint density at radius 1 is 0.515 bits per heavy atom. The fourth-order valence-electron chi connectivity index (χ4n) is 6.18. The van der Waals surface area contributed by atoms with Crippen molar-refractivity contribution in [2.75, 3.05) is 40.9 Å². The Kier molecular flexibility index (Phi) is 45.4. The summed E-state index contributed by atoms with van der Waals surface area (Å²) in [4.78, 5) is 23.1. The number of phosphoric acid groups is 1. The van der Waals surface area contributed by atoms with Crippen LogP contribution in [0.4, 0.5) is 0 Å². The Balaban J connectivity index is 4.23. The van der Waals surface area contributed by atoms with Crippen molar-refractivity contribution < 1.29 is 32.9 Å². The van der Waals surface area contributed by atoms with E-state index in [9.17, 15) is 19.4 Å². The van der Waals surface area contributed by atoms with E-state index in [1.807, 2.05) is 27.2 Å². The molecule has 0 aromatic carbocycles. The molecule has 0 aromatic heterocycles. The van der Waals surface area contributed by atoms with E-state index in [-0.39, 0.29) is 19.1 Å². The van der Waals surface area contributed by atoms with Crippen LogP contribution >= 0.6 is 7.82 Å². The lowest BCUT2D eigenvalue weighted by atomic mass is 10.1. The van der Waals surface area contributed by atoms with Gasteiger partial charge in [-0.05, 0) is 116 Å². The van der Waals surface area contributed by atoms with E-state index < -0.39 is 20.0 Å². The number of amides is 1. The molecule has 0 saturated carbocycles. The summed E-state index contributed by atoms with van der Waals surface area (Å²) in [6.45, 7) is 4.55. The van der Waals surface area contributed by atoms with Gasteiger partial charge in [0.25, 0.3) is 0 Å². The summed E-state index contributed by atoms with van der Waals surface area (Å²) in [7, 11) is 1.50. The lowest BCUT2D eigenvalue weighted by Gasteiger charge is -2.25. The van der Waals surface area contributed by atoms with Crippen molar-refractivity contribution in [3.8, 4) is 0 Å². The van der Waals surface area contributed by atoms with E-state index >= 15 is 0 Å². The molecular formula is C59H96N2O6P+. The number of nitrogens with one attached hydrogen (secondary N) is 1. The highest BCUT2D eigenvalue weighted by atomic mass is 31.2. The van der Waals surface area contributed by atoms with Crippen LogP contribution in [0.5, 0.6) is 0 Å². The predicted octanol–water partition coefficient (Wildman–Crippen LogP) is 15.5. The van der Waals surface area contributed by atoms with E-state index in [4.69, 9.17) is 9.05 Å². The molecule has 3 N–H and O–H groups in total. The number of phosphoric ester groups is 1. The van der Waals surface area contributed by atoms with Gasteiger partial charge >= 0.3 is 7.82 Å². The third-order valence-electron chi connectivity index (χ3n) is 10.2. The Hall–Kier alpha value is -3.88. The van der Waals surface area contributed by atoms with Crippen molar-refractivity contribution in [3.63, 3.8) is 0 Å². The monoisotopic (exact) mass is 960 g/mol. The van der Waals surface area contributed by atoms with Gasteiger partial charge in [0.15, 0.2) is 0 Å². The minimum Gasteiger partial charge on any atom is -0.387 e. The number of likely N-dealkylation sites (N-methyl/N-ethyl adjacent to an activating group) is 1. The van der Waals surface area contributed by atoms with Crippen molar-refractivity contribution in [3.05, 3.63) is 158 Å². The van der Waals surface area contributed by atoms with Crippen LogP contribution in [0.25, 0.3) is 0 Å². The number of aliphatic hydroxyl groups is 1. The van der Waals surface area contributed by atoms with Gasteiger partial charge in [-0.15, -0.1) is 0 Å². The first-order chi connectivity index (χ1) is 33.0. The number of hydrogen-bond donors (Lipinski definition) is 3. The number of carbonyl (C=O) groups is 1. The zero-order chi connectivity index (χ0) is 49.9. The SMILES string of the molecule is CC/C=C\C/C=C\C/C=C\C/C=C\C/C=C\C/C=C\C/C=C\C/C=C\C/C=C\C/C=C\C/C=C\CCCCCC(=O)NC(COP(=O)(O)OCC[N+](C)(C)C)C(O)/C=C/CC/C=C/CCCCC. The Morgan fingerprint density at radius 2 is 0.897 bits per heavy atom. The quantitative estimate of drug-likeness (QED) is 0.0243.